The number of nitrogens with one attached hydrogen (secondary N) is 1. The second-order valence-electron chi connectivity index (χ2n) is 30.2. The summed E-state index contributed by atoms with van der Waals surface area (Å²) in [6, 6.07) is -0.539. The van der Waals surface area contributed by atoms with Crippen LogP contribution in [0, 0.1) is 0 Å². The van der Waals surface area contributed by atoms with Crippen molar-refractivity contribution in [3.8, 4) is 0 Å². The highest BCUT2D eigenvalue weighted by Gasteiger charge is 2.20. The molecule has 0 rings (SSSR count). The number of ether oxygens (including phenoxy) is 1. The number of aliphatic hydroxyl groups excluding tert-OH is 2. The van der Waals surface area contributed by atoms with Crippen LogP contribution in [-0.4, -0.2) is 47.4 Å². The third kappa shape index (κ3) is 79.5. The molecule has 3 N–H and O–H groups in total. The predicted molar refractivity (Wildman–Crippen MR) is 412 cm³/mol. The van der Waals surface area contributed by atoms with Gasteiger partial charge >= 0.3 is 5.97 Å². The molecule has 6 nitrogen and oxygen atoms in total. The van der Waals surface area contributed by atoms with Crippen molar-refractivity contribution in [3.63, 3.8) is 0 Å². The second kappa shape index (κ2) is 83.0. The van der Waals surface area contributed by atoms with Gasteiger partial charge in [-0.1, -0.05) is 456 Å². The standard InChI is InChI=1S/C87H171NO5/c1-3-5-7-9-11-13-15-17-19-21-22-23-39-42-45-48-51-55-59-63-67-71-75-79-85(90)84(83-89)88-86(91)80-76-72-68-64-60-56-52-49-46-43-40-37-35-33-31-29-27-25-24-26-28-30-32-34-36-38-41-44-47-50-54-58-62-66-70-74-78-82-93-87(92)81-77-73-69-65-61-57-53-20-18-16-14-12-10-8-6-4-2/h24,26,84-85,89-90H,3-23,25,27-83H2,1-2H3,(H,88,91)/b26-24-. The molecule has 0 radical (unpaired) electrons. The van der Waals surface area contributed by atoms with Crippen LogP contribution in [-0.2, 0) is 14.3 Å². The number of amides is 1. The van der Waals surface area contributed by atoms with Crippen molar-refractivity contribution in [2.45, 2.75) is 520 Å². The lowest BCUT2D eigenvalue weighted by atomic mass is 10.0. The van der Waals surface area contributed by atoms with Gasteiger partial charge in [-0.05, 0) is 51.4 Å². The van der Waals surface area contributed by atoms with E-state index in [1.54, 1.807) is 0 Å². The maximum absolute atomic E-state index is 12.6. The van der Waals surface area contributed by atoms with Crippen LogP contribution in [0.3, 0.4) is 0 Å². The molecule has 2 atom stereocenters. The number of carbonyl (C=O) groups is 2. The maximum atomic E-state index is 12.6. The Bertz CT molecular complexity index is 1420. The zero-order valence-electron chi connectivity index (χ0n) is 63.8. The molecule has 0 saturated carbocycles. The maximum Gasteiger partial charge on any atom is 0.305 e. The highest BCUT2D eigenvalue weighted by Crippen LogP contribution is 2.21. The highest BCUT2D eigenvalue weighted by atomic mass is 16.5. The molecule has 6 heteroatoms. The van der Waals surface area contributed by atoms with Crippen molar-refractivity contribution < 1.29 is 24.5 Å². The van der Waals surface area contributed by atoms with E-state index in [4.69, 9.17) is 4.74 Å². The highest BCUT2D eigenvalue weighted by molar-refractivity contribution is 5.76. The summed E-state index contributed by atoms with van der Waals surface area (Å²) < 4.78 is 5.52. The molecule has 0 heterocycles. The molecule has 0 aromatic rings. The Labute approximate surface area is 584 Å². The van der Waals surface area contributed by atoms with Gasteiger partial charge in [0.15, 0.2) is 0 Å². The number of hydrogen-bond acceptors (Lipinski definition) is 5. The largest absolute Gasteiger partial charge is 0.466 e. The van der Waals surface area contributed by atoms with Gasteiger partial charge < -0.3 is 20.3 Å². The van der Waals surface area contributed by atoms with Crippen LogP contribution in [0.25, 0.3) is 0 Å². The number of allylic oxidation sites excluding steroid dienone is 2. The summed E-state index contributed by atoms with van der Waals surface area (Å²) in [6.07, 6.45) is 106. The van der Waals surface area contributed by atoms with E-state index in [2.05, 4.69) is 31.3 Å². The minimum Gasteiger partial charge on any atom is -0.466 e. The molecular formula is C87H171NO5. The van der Waals surface area contributed by atoms with Gasteiger partial charge in [-0.25, -0.2) is 0 Å². The van der Waals surface area contributed by atoms with Gasteiger partial charge in [0.2, 0.25) is 5.91 Å². The van der Waals surface area contributed by atoms with Gasteiger partial charge in [0.1, 0.15) is 0 Å². The van der Waals surface area contributed by atoms with Gasteiger partial charge in [-0.2, -0.15) is 0 Å². The summed E-state index contributed by atoms with van der Waals surface area (Å²) in [5.74, 6) is 0.00191. The first-order valence-corrected chi connectivity index (χ1v) is 43.4. The topological polar surface area (TPSA) is 95.9 Å². The number of rotatable bonds is 83. The van der Waals surface area contributed by atoms with Crippen molar-refractivity contribution in [1.82, 2.24) is 5.32 Å². The zero-order valence-corrected chi connectivity index (χ0v) is 63.8. The molecule has 0 aliphatic heterocycles. The van der Waals surface area contributed by atoms with Gasteiger partial charge in [0.05, 0.1) is 25.4 Å². The van der Waals surface area contributed by atoms with Crippen LogP contribution < -0.4 is 5.32 Å². The quantitative estimate of drug-likeness (QED) is 0.0320. The number of carbonyl (C=O) groups excluding carboxylic acids is 2. The van der Waals surface area contributed by atoms with Crippen molar-refractivity contribution in [2.24, 2.45) is 0 Å². The number of unbranched alkanes of at least 4 members (excludes halogenated alkanes) is 70. The van der Waals surface area contributed by atoms with Crippen LogP contribution in [0.2, 0.25) is 0 Å². The Morgan fingerprint density at radius 2 is 0.505 bits per heavy atom. The van der Waals surface area contributed by atoms with Gasteiger partial charge in [0, 0.05) is 12.8 Å². The lowest BCUT2D eigenvalue weighted by Gasteiger charge is -2.22. The fourth-order valence-electron chi connectivity index (χ4n) is 14.2. The van der Waals surface area contributed by atoms with E-state index >= 15 is 0 Å². The Morgan fingerprint density at radius 3 is 0.763 bits per heavy atom. The Morgan fingerprint density at radius 1 is 0.290 bits per heavy atom. The van der Waals surface area contributed by atoms with Crippen LogP contribution >= 0.6 is 0 Å². The van der Waals surface area contributed by atoms with E-state index in [1.807, 2.05) is 0 Å². The molecule has 0 aromatic carbocycles. The van der Waals surface area contributed by atoms with Crippen LogP contribution in [0.15, 0.2) is 12.2 Å². The van der Waals surface area contributed by atoms with Gasteiger partial charge in [-0.15, -0.1) is 0 Å². The van der Waals surface area contributed by atoms with E-state index in [1.165, 1.54) is 437 Å². The third-order valence-electron chi connectivity index (χ3n) is 20.8. The number of esters is 1. The molecule has 0 saturated heterocycles. The summed E-state index contributed by atoms with van der Waals surface area (Å²) in [5, 5.41) is 23.5. The molecule has 2 unspecified atom stereocenters. The first-order chi connectivity index (χ1) is 46.0. The summed E-state index contributed by atoms with van der Waals surface area (Å²) in [7, 11) is 0. The number of aliphatic hydroxyl groups is 2. The summed E-state index contributed by atoms with van der Waals surface area (Å²) in [6.45, 7) is 5.03. The van der Waals surface area contributed by atoms with Crippen molar-refractivity contribution in [2.75, 3.05) is 13.2 Å². The minimum atomic E-state index is -0.662. The molecule has 0 aliphatic carbocycles. The summed E-state index contributed by atoms with van der Waals surface area (Å²) in [5.41, 5.74) is 0. The fraction of sp³-hybridized carbons (Fsp3) is 0.954. The molecule has 93 heavy (non-hydrogen) atoms. The molecule has 0 aromatic heterocycles. The lowest BCUT2D eigenvalue weighted by molar-refractivity contribution is -0.143. The van der Waals surface area contributed by atoms with Gasteiger partial charge in [-0.3, -0.25) is 9.59 Å². The van der Waals surface area contributed by atoms with Crippen molar-refractivity contribution in [3.05, 3.63) is 12.2 Å². The second-order valence-corrected chi connectivity index (χ2v) is 30.2. The molecular weight excluding hydrogens is 1140 g/mol. The Kier molecular flexibility index (Phi) is 81.8. The summed E-state index contributed by atoms with van der Waals surface area (Å²) in [4.78, 5) is 24.7. The smallest absolute Gasteiger partial charge is 0.305 e. The Balaban J connectivity index is 3.32. The van der Waals surface area contributed by atoms with Crippen LogP contribution in [0.5, 0.6) is 0 Å². The minimum absolute atomic E-state index is 0.0245. The van der Waals surface area contributed by atoms with Gasteiger partial charge in [0.25, 0.3) is 0 Å². The molecule has 0 bridgehead atoms. The molecule has 554 valence electrons. The fourth-order valence-corrected chi connectivity index (χ4v) is 14.2. The summed E-state index contributed by atoms with van der Waals surface area (Å²) >= 11 is 0. The zero-order chi connectivity index (χ0) is 67.0. The first kappa shape index (κ1) is 91.6. The SMILES string of the molecule is CCCCCCCCCCCCCCCCCCCCCCCCCC(O)C(CO)NC(=O)CCCCCCCCCCCCCCCCCCC/C=C\CCCCCCCCCCCCCCCCCCOC(=O)CCCCCCCCCCCCCCCCCC. The van der Waals surface area contributed by atoms with Crippen LogP contribution in [0.1, 0.15) is 508 Å². The number of hydrogen-bond donors (Lipinski definition) is 3. The van der Waals surface area contributed by atoms with Crippen molar-refractivity contribution >= 4 is 11.9 Å². The van der Waals surface area contributed by atoms with E-state index in [-0.39, 0.29) is 18.5 Å². The van der Waals surface area contributed by atoms with Crippen molar-refractivity contribution in [1.29, 1.82) is 0 Å². The van der Waals surface area contributed by atoms with E-state index < -0.39 is 12.1 Å². The predicted octanol–water partition coefficient (Wildman–Crippen LogP) is 29.0. The third-order valence-corrected chi connectivity index (χ3v) is 20.8. The van der Waals surface area contributed by atoms with E-state index in [0.717, 1.165) is 38.5 Å². The molecule has 0 fully saturated rings. The molecule has 0 aliphatic rings. The average Bonchev–Trinajstić information content (AvgIpc) is 3.72. The van der Waals surface area contributed by atoms with Crippen LogP contribution in [0.4, 0.5) is 0 Å². The molecule has 1 amide bonds. The molecule has 0 spiro atoms. The lowest BCUT2D eigenvalue weighted by Crippen LogP contribution is -2.45. The average molecular weight is 1310 g/mol. The van der Waals surface area contributed by atoms with E-state index in [0.29, 0.717) is 25.9 Å². The monoisotopic (exact) mass is 1310 g/mol. The van der Waals surface area contributed by atoms with E-state index in [9.17, 15) is 19.8 Å². The first-order valence-electron chi connectivity index (χ1n) is 43.4. The Hall–Kier alpha value is -1.40. The normalized spacial score (nSPS) is 12.4.